The van der Waals surface area contributed by atoms with Gasteiger partial charge in [-0.05, 0) is 74.8 Å². The molecule has 1 N–H and O–H groups in total. The van der Waals surface area contributed by atoms with Crippen LogP contribution in [0, 0.1) is 0 Å². The van der Waals surface area contributed by atoms with Crippen LogP contribution in [0.4, 0.5) is 11.6 Å². The Morgan fingerprint density at radius 2 is 1.92 bits per heavy atom. The normalized spacial score (nSPS) is 17.1. The SMILES string of the molecule is COc1ccc2cc1OCC/C=C/COCc1cc(ccc1OCCN1CCCC1)Nc1nccc-2n1. The third-order valence-corrected chi connectivity index (χ3v) is 6.48. The van der Waals surface area contributed by atoms with Gasteiger partial charge in [0.05, 0.1) is 32.6 Å². The molecule has 37 heavy (non-hydrogen) atoms. The molecule has 2 aliphatic heterocycles. The molecule has 6 bridgehead atoms. The van der Waals surface area contributed by atoms with Crippen LogP contribution < -0.4 is 19.5 Å². The largest absolute Gasteiger partial charge is 0.493 e. The number of aromatic nitrogens is 2. The number of ether oxygens (including phenoxy) is 4. The minimum Gasteiger partial charge on any atom is -0.493 e. The maximum atomic E-state index is 6.18. The quantitative estimate of drug-likeness (QED) is 0.476. The second kappa shape index (κ2) is 12.6. The smallest absolute Gasteiger partial charge is 0.227 e. The molecule has 1 saturated heterocycles. The Kier molecular flexibility index (Phi) is 8.50. The third kappa shape index (κ3) is 6.78. The van der Waals surface area contributed by atoms with E-state index in [-0.39, 0.29) is 0 Å². The van der Waals surface area contributed by atoms with Crippen LogP contribution in [0.3, 0.4) is 0 Å². The van der Waals surface area contributed by atoms with Crippen LogP contribution in [-0.4, -0.2) is 61.4 Å². The molecule has 2 aliphatic rings. The molecular formula is C29H34N4O4. The molecule has 194 valence electrons. The Labute approximate surface area is 218 Å². The fourth-order valence-corrected chi connectivity index (χ4v) is 4.52. The molecule has 1 aromatic heterocycles. The van der Waals surface area contributed by atoms with E-state index in [1.54, 1.807) is 13.3 Å². The Morgan fingerprint density at radius 1 is 1.03 bits per heavy atom. The number of nitrogens with one attached hydrogen (secondary N) is 1. The summed E-state index contributed by atoms with van der Waals surface area (Å²) in [6, 6.07) is 13.7. The predicted octanol–water partition coefficient (Wildman–Crippen LogP) is 5.23. The van der Waals surface area contributed by atoms with Crippen molar-refractivity contribution in [3.63, 3.8) is 0 Å². The number of rotatable bonds is 5. The van der Waals surface area contributed by atoms with Gasteiger partial charge in [-0.1, -0.05) is 12.2 Å². The second-order valence-corrected chi connectivity index (χ2v) is 9.10. The monoisotopic (exact) mass is 502 g/mol. The van der Waals surface area contributed by atoms with Crippen molar-refractivity contribution >= 4 is 11.6 Å². The Bertz CT molecular complexity index is 1210. The third-order valence-electron chi connectivity index (χ3n) is 6.48. The molecule has 8 heteroatoms. The van der Waals surface area contributed by atoms with Crippen LogP contribution in [0.2, 0.25) is 0 Å². The molecule has 0 unspecified atom stereocenters. The molecule has 8 nitrogen and oxygen atoms in total. The summed E-state index contributed by atoms with van der Waals surface area (Å²) >= 11 is 0. The number of methoxy groups -OCH3 is 1. The van der Waals surface area contributed by atoms with Crippen molar-refractivity contribution in [1.29, 1.82) is 0 Å². The van der Waals surface area contributed by atoms with Gasteiger partial charge in [0.15, 0.2) is 11.5 Å². The van der Waals surface area contributed by atoms with Crippen molar-refractivity contribution in [3.8, 4) is 28.5 Å². The maximum absolute atomic E-state index is 6.18. The first-order chi connectivity index (χ1) is 18.3. The van der Waals surface area contributed by atoms with E-state index in [2.05, 4.69) is 21.3 Å². The Balaban J connectivity index is 1.38. The zero-order chi connectivity index (χ0) is 25.3. The van der Waals surface area contributed by atoms with Crippen molar-refractivity contribution in [2.75, 3.05) is 51.9 Å². The van der Waals surface area contributed by atoms with Crippen LogP contribution in [0.5, 0.6) is 17.2 Å². The number of fused-ring (bicyclic) bond motifs is 7. The highest BCUT2D eigenvalue weighted by Gasteiger charge is 2.13. The van der Waals surface area contributed by atoms with Crippen LogP contribution in [0.15, 0.2) is 60.8 Å². The van der Waals surface area contributed by atoms with Gasteiger partial charge in [-0.2, -0.15) is 0 Å². The highest BCUT2D eigenvalue weighted by Crippen LogP contribution is 2.33. The van der Waals surface area contributed by atoms with E-state index < -0.39 is 0 Å². The van der Waals surface area contributed by atoms with Crippen molar-refractivity contribution in [2.45, 2.75) is 25.9 Å². The van der Waals surface area contributed by atoms with E-state index in [1.165, 1.54) is 12.8 Å². The zero-order valence-corrected chi connectivity index (χ0v) is 21.3. The minimum atomic E-state index is 0.443. The fourth-order valence-electron chi connectivity index (χ4n) is 4.52. The molecule has 0 aliphatic carbocycles. The van der Waals surface area contributed by atoms with Crippen molar-refractivity contribution < 1.29 is 18.9 Å². The zero-order valence-electron chi connectivity index (χ0n) is 21.3. The van der Waals surface area contributed by atoms with Gasteiger partial charge in [-0.15, -0.1) is 0 Å². The van der Waals surface area contributed by atoms with Gasteiger partial charge in [0, 0.05) is 29.6 Å². The summed E-state index contributed by atoms with van der Waals surface area (Å²) < 4.78 is 23.6. The number of hydrogen-bond donors (Lipinski definition) is 1. The molecule has 3 aromatic rings. The molecule has 0 amide bonds. The molecule has 5 rings (SSSR count). The summed E-state index contributed by atoms with van der Waals surface area (Å²) in [5.41, 5.74) is 3.57. The molecule has 0 saturated carbocycles. The summed E-state index contributed by atoms with van der Waals surface area (Å²) in [5, 5.41) is 3.33. The van der Waals surface area contributed by atoms with Crippen LogP contribution in [0.1, 0.15) is 24.8 Å². The van der Waals surface area contributed by atoms with Gasteiger partial charge in [0.2, 0.25) is 5.95 Å². The summed E-state index contributed by atoms with van der Waals surface area (Å²) in [6.45, 7) is 5.41. The van der Waals surface area contributed by atoms with Crippen molar-refractivity contribution in [3.05, 3.63) is 66.4 Å². The molecule has 0 spiro atoms. The number of hydrogen-bond acceptors (Lipinski definition) is 8. The maximum Gasteiger partial charge on any atom is 0.227 e. The summed E-state index contributed by atoms with van der Waals surface area (Å²) in [4.78, 5) is 11.6. The molecule has 2 aromatic carbocycles. The van der Waals surface area contributed by atoms with E-state index >= 15 is 0 Å². The van der Waals surface area contributed by atoms with E-state index in [4.69, 9.17) is 23.9 Å². The summed E-state index contributed by atoms with van der Waals surface area (Å²) in [5.74, 6) is 2.73. The topological polar surface area (TPSA) is 78.0 Å². The molecule has 0 radical (unpaired) electrons. The van der Waals surface area contributed by atoms with Gasteiger partial charge in [-0.25, -0.2) is 9.97 Å². The van der Waals surface area contributed by atoms with Crippen molar-refractivity contribution in [2.24, 2.45) is 0 Å². The van der Waals surface area contributed by atoms with E-state index in [0.717, 1.165) is 54.3 Å². The average Bonchev–Trinajstić information content (AvgIpc) is 3.44. The van der Waals surface area contributed by atoms with E-state index in [1.807, 2.05) is 48.5 Å². The Hall–Kier alpha value is -3.62. The highest BCUT2D eigenvalue weighted by molar-refractivity contribution is 5.66. The number of nitrogens with zero attached hydrogens (tertiary/aromatic N) is 3. The first-order valence-electron chi connectivity index (χ1n) is 12.9. The average molecular weight is 503 g/mol. The lowest BCUT2D eigenvalue weighted by Gasteiger charge is -2.17. The van der Waals surface area contributed by atoms with Gasteiger partial charge in [0.1, 0.15) is 12.4 Å². The molecular weight excluding hydrogens is 468 g/mol. The first kappa shape index (κ1) is 25.0. The van der Waals surface area contributed by atoms with Crippen molar-refractivity contribution in [1.82, 2.24) is 14.9 Å². The highest BCUT2D eigenvalue weighted by atomic mass is 16.5. The van der Waals surface area contributed by atoms with Gasteiger partial charge in [0.25, 0.3) is 0 Å². The first-order valence-corrected chi connectivity index (χ1v) is 12.9. The molecule has 3 heterocycles. The van der Waals surface area contributed by atoms with Crippen LogP contribution in [-0.2, 0) is 11.3 Å². The van der Waals surface area contributed by atoms with Gasteiger partial charge < -0.3 is 24.3 Å². The number of anilines is 2. The fraction of sp³-hybridized carbons (Fsp3) is 0.379. The standard InChI is InChI=1S/C29H34N4O4/c1-34-27-9-7-22-20-28(27)36-17-6-2-5-16-35-21-23-19-24(31-29-30-12-11-25(22)32-29)8-10-26(23)37-18-15-33-13-3-4-14-33/h2,5,7-12,19-20H,3-4,6,13-18,21H2,1H3,(H,30,31,32)/b5-2+. The van der Waals surface area contributed by atoms with E-state index in [9.17, 15) is 0 Å². The number of benzene rings is 2. The molecule has 0 atom stereocenters. The van der Waals surface area contributed by atoms with Gasteiger partial charge in [-0.3, -0.25) is 4.90 Å². The second-order valence-electron chi connectivity index (χ2n) is 9.10. The Morgan fingerprint density at radius 3 is 2.81 bits per heavy atom. The van der Waals surface area contributed by atoms with Gasteiger partial charge >= 0.3 is 0 Å². The van der Waals surface area contributed by atoms with E-state index in [0.29, 0.717) is 43.9 Å². The lowest BCUT2D eigenvalue weighted by Crippen LogP contribution is -2.25. The lowest BCUT2D eigenvalue weighted by atomic mass is 10.1. The number of likely N-dealkylation sites (tertiary alicyclic amines) is 1. The lowest BCUT2D eigenvalue weighted by molar-refractivity contribution is 0.144. The molecule has 1 fully saturated rings. The summed E-state index contributed by atoms with van der Waals surface area (Å²) in [6.07, 6.45) is 9.16. The van der Waals surface area contributed by atoms with Crippen LogP contribution in [0.25, 0.3) is 11.3 Å². The predicted molar refractivity (Wildman–Crippen MR) is 144 cm³/mol. The van der Waals surface area contributed by atoms with Crippen LogP contribution >= 0.6 is 0 Å². The minimum absolute atomic E-state index is 0.443. The summed E-state index contributed by atoms with van der Waals surface area (Å²) in [7, 11) is 1.64.